The number of aromatic nitrogens is 2. The summed E-state index contributed by atoms with van der Waals surface area (Å²) in [4.78, 5) is 32.9. The molecule has 5 rings (SSSR count). The summed E-state index contributed by atoms with van der Waals surface area (Å²) in [6.45, 7) is 14.0. The molecule has 3 aromatic carbocycles. The first-order chi connectivity index (χ1) is 26.5. The van der Waals surface area contributed by atoms with E-state index in [1.165, 1.54) is 0 Å². The maximum Gasteiger partial charge on any atom is 0.303 e. The number of carboxylic acids is 1. The number of benzene rings is 3. The molecule has 294 valence electrons. The molecule has 11 heteroatoms. The minimum Gasteiger partial charge on any atom is -0.611 e. The predicted molar refractivity (Wildman–Crippen MR) is 221 cm³/mol. The molecular weight excluding hydrogens is 713 g/mol. The first-order valence-electron chi connectivity index (χ1n) is 19.4. The van der Waals surface area contributed by atoms with Gasteiger partial charge >= 0.3 is 5.97 Å². The fourth-order valence-electron chi connectivity index (χ4n) is 6.89. The second-order valence-corrected chi connectivity index (χ2v) is 16.4. The quantitative estimate of drug-likeness (QED) is 0.0715. The van der Waals surface area contributed by atoms with Crippen molar-refractivity contribution in [2.24, 2.45) is 5.41 Å². The number of carbonyl (C=O) groups excluding carboxylic acids is 1. The molecule has 0 bridgehead atoms. The van der Waals surface area contributed by atoms with Gasteiger partial charge in [0, 0.05) is 43.2 Å². The lowest BCUT2D eigenvalue weighted by Crippen LogP contribution is -2.37. The van der Waals surface area contributed by atoms with E-state index in [9.17, 15) is 19.2 Å². The Hall–Kier alpha value is -4.58. The van der Waals surface area contributed by atoms with E-state index in [2.05, 4.69) is 51.8 Å². The fraction of sp³-hybridized carbons (Fsp3) is 0.432. The van der Waals surface area contributed by atoms with Crippen molar-refractivity contribution in [2.45, 2.75) is 90.3 Å². The number of anilines is 2. The van der Waals surface area contributed by atoms with Crippen molar-refractivity contribution in [3.05, 3.63) is 95.6 Å². The monoisotopic (exact) mass is 768 g/mol. The zero-order chi connectivity index (χ0) is 39.4. The molecule has 1 atom stereocenters. The Morgan fingerprint density at radius 1 is 0.982 bits per heavy atom. The van der Waals surface area contributed by atoms with Crippen LogP contribution in [0.3, 0.4) is 0 Å². The highest BCUT2D eigenvalue weighted by Crippen LogP contribution is 2.35. The SMILES string of the molecule is CCCCOCCOc1ccc(-c2ccc3c(c2)/C=C(/C(=O)Nc2ccc([S@@+]([O-])Cc4cnc(C)n4CCC)cc2)CCCN3CC(C)(C)CC(=O)O)cc1. The maximum absolute atomic E-state index is 13.8. The van der Waals surface area contributed by atoms with Gasteiger partial charge in [-0.2, -0.15) is 0 Å². The van der Waals surface area contributed by atoms with E-state index in [1.807, 2.05) is 63.2 Å². The Morgan fingerprint density at radius 2 is 1.73 bits per heavy atom. The van der Waals surface area contributed by atoms with Gasteiger partial charge in [0.15, 0.2) is 10.6 Å². The zero-order valence-corrected chi connectivity index (χ0v) is 33.8. The average Bonchev–Trinajstić information content (AvgIpc) is 3.48. The third-order valence-corrected chi connectivity index (χ3v) is 11.0. The summed E-state index contributed by atoms with van der Waals surface area (Å²) >= 11 is -1.26. The van der Waals surface area contributed by atoms with Crippen molar-refractivity contribution in [2.75, 3.05) is 43.1 Å². The molecule has 0 fully saturated rings. The smallest absolute Gasteiger partial charge is 0.303 e. The number of ether oxygens (including phenoxy) is 2. The van der Waals surface area contributed by atoms with Gasteiger partial charge in [0.25, 0.3) is 5.91 Å². The number of hydrogen-bond acceptors (Lipinski definition) is 7. The summed E-state index contributed by atoms with van der Waals surface area (Å²) in [5, 5.41) is 12.7. The van der Waals surface area contributed by atoms with E-state index < -0.39 is 22.6 Å². The van der Waals surface area contributed by atoms with Crippen LogP contribution in [0.1, 0.15) is 83.3 Å². The summed E-state index contributed by atoms with van der Waals surface area (Å²) in [7, 11) is 0. The highest BCUT2D eigenvalue weighted by molar-refractivity contribution is 7.90. The van der Waals surface area contributed by atoms with Crippen molar-refractivity contribution in [3.63, 3.8) is 0 Å². The first-order valence-corrected chi connectivity index (χ1v) is 20.7. The van der Waals surface area contributed by atoms with Gasteiger partial charge in [-0.25, -0.2) is 4.98 Å². The lowest BCUT2D eigenvalue weighted by atomic mass is 9.87. The Bertz CT molecular complexity index is 1900. The maximum atomic E-state index is 13.8. The molecule has 1 amide bonds. The van der Waals surface area contributed by atoms with Crippen LogP contribution in [0.2, 0.25) is 0 Å². The number of aryl methyl sites for hydroxylation is 1. The summed E-state index contributed by atoms with van der Waals surface area (Å²) in [5.74, 6) is 1.05. The number of hydrogen-bond donors (Lipinski definition) is 2. The van der Waals surface area contributed by atoms with E-state index in [0.717, 1.165) is 78.5 Å². The summed E-state index contributed by atoms with van der Waals surface area (Å²) in [6, 6.07) is 21.4. The molecule has 0 saturated carbocycles. The fourth-order valence-corrected chi connectivity index (χ4v) is 8.00. The Kier molecular flexibility index (Phi) is 15.0. The van der Waals surface area contributed by atoms with Crippen LogP contribution in [0.25, 0.3) is 17.2 Å². The van der Waals surface area contributed by atoms with Gasteiger partial charge in [-0.05, 0) is 120 Å². The number of nitrogens with one attached hydrogen (secondary N) is 1. The Labute approximate surface area is 329 Å². The standard InChI is InChI=1S/C44H56N4O6S/c1-6-8-23-53-24-25-54-39-16-11-33(12-17-39)34-13-20-41-36(26-34)27-35(10-9-22-47(41)31-44(4,5)28-42(49)50)43(51)46-37-14-18-40(19-15-37)55(52)30-38-29-45-32(3)48(38)21-7-2/h11-20,26-27,29H,6-10,21-25,28,30-31H2,1-5H3,(H,46,51)(H,49,50)/b35-27+/t55-/m0/s1. The van der Waals surface area contributed by atoms with E-state index in [4.69, 9.17) is 9.47 Å². The average molecular weight is 769 g/mol. The molecule has 0 radical (unpaired) electrons. The molecule has 1 aliphatic rings. The number of aliphatic carboxylic acids is 1. The molecule has 0 aliphatic carbocycles. The highest BCUT2D eigenvalue weighted by Gasteiger charge is 2.28. The molecular formula is C44H56N4O6S. The first kappa shape index (κ1) is 41.6. The highest BCUT2D eigenvalue weighted by atomic mass is 32.2. The molecule has 1 aliphatic heterocycles. The molecule has 55 heavy (non-hydrogen) atoms. The predicted octanol–water partition coefficient (Wildman–Crippen LogP) is 8.90. The number of rotatable bonds is 19. The van der Waals surface area contributed by atoms with Gasteiger partial charge in [-0.3, -0.25) is 9.59 Å². The van der Waals surface area contributed by atoms with Crippen LogP contribution in [0.15, 0.2) is 83.4 Å². The number of amides is 1. The van der Waals surface area contributed by atoms with Crippen molar-refractivity contribution in [3.8, 4) is 16.9 Å². The second-order valence-electron chi connectivity index (χ2n) is 15.0. The number of imidazole rings is 1. The Morgan fingerprint density at radius 3 is 2.44 bits per heavy atom. The Balaban J connectivity index is 1.34. The largest absolute Gasteiger partial charge is 0.611 e. The number of nitrogens with zero attached hydrogens (tertiary/aromatic N) is 3. The van der Waals surface area contributed by atoms with E-state index in [1.54, 1.807) is 18.3 Å². The normalized spacial score (nSPS) is 14.7. The minimum atomic E-state index is -1.26. The molecule has 2 N–H and O–H groups in total. The third kappa shape index (κ3) is 12.0. The van der Waals surface area contributed by atoms with Crippen LogP contribution in [0.5, 0.6) is 5.75 Å². The number of carboxylic acid groups (broad SMARTS) is 1. The van der Waals surface area contributed by atoms with Gasteiger partial charge in [0.05, 0.1) is 24.9 Å². The van der Waals surface area contributed by atoms with Crippen molar-refractivity contribution in [1.29, 1.82) is 0 Å². The summed E-state index contributed by atoms with van der Waals surface area (Å²) < 4.78 is 26.9. The lowest BCUT2D eigenvalue weighted by Gasteiger charge is -2.35. The van der Waals surface area contributed by atoms with Crippen LogP contribution in [-0.2, 0) is 37.8 Å². The van der Waals surface area contributed by atoms with E-state index >= 15 is 0 Å². The van der Waals surface area contributed by atoms with E-state index in [0.29, 0.717) is 54.6 Å². The van der Waals surface area contributed by atoms with Crippen molar-refractivity contribution < 1.29 is 28.7 Å². The van der Waals surface area contributed by atoms with Crippen LogP contribution < -0.4 is 15.0 Å². The third-order valence-electron chi connectivity index (χ3n) is 9.68. The molecule has 0 saturated heterocycles. The number of unbranched alkanes of at least 4 members (excludes halogenated alkanes) is 1. The molecule has 10 nitrogen and oxygen atoms in total. The molecule has 0 unspecified atom stereocenters. The van der Waals surface area contributed by atoms with Gasteiger partial charge < -0.3 is 33.9 Å². The molecule has 4 aromatic rings. The molecule has 0 spiro atoms. The number of fused-ring (bicyclic) bond motifs is 1. The van der Waals surface area contributed by atoms with Gasteiger partial charge in [-0.15, -0.1) is 0 Å². The zero-order valence-electron chi connectivity index (χ0n) is 32.9. The van der Waals surface area contributed by atoms with Crippen LogP contribution >= 0.6 is 0 Å². The van der Waals surface area contributed by atoms with Crippen LogP contribution in [0.4, 0.5) is 11.4 Å². The molecule has 2 heterocycles. The van der Waals surface area contributed by atoms with Gasteiger partial charge in [-0.1, -0.05) is 52.3 Å². The van der Waals surface area contributed by atoms with Gasteiger partial charge in [0.1, 0.15) is 18.2 Å². The van der Waals surface area contributed by atoms with Crippen LogP contribution in [0, 0.1) is 12.3 Å². The van der Waals surface area contributed by atoms with Crippen LogP contribution in [-0.4, -0.2) is 64.0 Å². The van der Waals surface area contributed by atoms with Gasteiger partial charge in [0.2, 0.25) is 0 Å². The number of carbonyl (C=O) groups is 2. The molecule has 1 aromatic heterocycles. The summed E-state index contributed by atoms with van der Waals surface area (Å²) in [5.41, 5.74) is 5.61. The lowest BCUT2D eigenvalue weighted by molar-refractivity contribution is -0.139. The van der Waals surface area contributed by atoms with Crippen molar-refractivity contribution in [1.82, 2.24) is 9.55 Å². The van der Waals surface area contributed by atoms with Crippen molar-refractivity contribution >= 4 is 40.5 Å². The summed E-state index contributed by atoms with van der Waals surface area (Å²) in [6.07, 6.45) is 8.20. The van der Waals surface area contributed by atoms with E-state index in [-0.39, 0.29) is 12.3 Å². The topological polar surface area (TPSA) is 129 Å². The minimum absolute atomic E-state index is 0.0509. The second kappa shape index (κ2) is 19.8.